The fourth-order valence-corrected chi connectivity index (χ4v) is 3.28. The van der Waals surface area contributed by atoms with Crippen LogP contribution in [-0.4, -0.2) is 10.2 Å². The first-order chi connectivity index (χ1) is 11.1. The number of carbonyl (C=O) groups excluding carboxylic acids is 1. The molecule has 5 heteroatoms. The number of aryl methyl sites for hydroxylation is 1. The number of hydrogen-bond donors (Lipinski definition) is 1. The van der Waals surface area contributed by atoms with Crippen molar-refractivity contribution in [2.75, 3.05) is 0 Å². The van der Waals surface area contributed by atoms with Crippen molar-refractivity contribution >= 4 is 40.3 Å². The van der Waals surface area contributed by atoms with Crippen LogP contribution in [0, 0.1) is 6.92 Å². The normalized spacial score (nSPS) is 15.8. The third-order valence-electron chi connectivity index (χ3n) is 3.29. The Hall–Kier alpha value is -2.11. The van der Waals surface area contributed by atoms with Gasteiger partial charge in [0, 0.05) is 0 Å². The predicted molar refractivity (Wildman–Crippen MR) is 98.3 cm³/mol. The van der Waals surface area contributed by atoms with E-state index in [0.717, 1.165) is 16.9 Å². The third kappa shape index (κ3) is 4.21. The zero-order valence-electron chi connectivity index (χ0n) is 12.5. The minimum absolute atomic E-state index is 0.147. The van der Waals surface area contributed by atoms with Gasteiger partial charge in [-0.05, 0) is 36.3 Å². The topological polar surface area (TPSA) is 38.3 Å². The quantitative estimate of drug-likeness (QED) is 0.672. The second-order valence-corrected chi connectivity index (χ2v) is 6.92. The fourth-order valence-electron chi connectivity index (χ4n) is 2.24. The molecule has 2 aromatic carbocycles. The van der Waals surface area contributed by atoms with Crippen LogP contribution >= 0.6 is 24.0 Å². The number of thioether (sulfide) groups is 1. The van der Waals surface area contributed by atoms with Crippen molar-refractivity contribution in [1.29, 1.82) is 0 Å². The fraction of sp³-hybridized carbons (Fsp3) is 0.111. The molecular formula is C18H15NO2S2. The minimum atomic E-state index is -0.147. The summed E-state index contributed by atoms with van der Waals surface area (Å²) in [5.41, 5.74) is 3.25. The molecule has 1 fully saturated rings. The molecule has 1 N–H and O–H groups in total. The highest BCUT2D eigenvalue weighted by Crippen LogP contribution is 2.27. The maximum atomic E-state index is 11.7. The van der Waals surface area contributed by atoms with Crippen molar-refractivity contribution in [2.45, 2.75) is 13.5 Å². The van der Waals surface area contributed by atoms with Crippen LogP contribution in [0.2, 0.25) is 0 Å². The van der Waals surface area contributed by atoms with Crippen molar-refractivity contribution in [3.63, 3.8) is 0 Å². The Morgan fingerprint density at radius 1 is 1.22 bits per heavy atom. The maximum Gasteiger partial charge on any atom is 0.263 e. The van der Waals surface area contributed by atoms with E-state index in [0.29, 0.717) is 15.8 Å². The van der Waals surface area contributed by atoms with Gasteiger partial charge in [-0.25, -0.2) is 0 Å². The maximum absolute atomic E-state index is 11.7. The first-order valence-electron chi connectivity index (χ1n) is 7.13. The van der Waals surface area contributed by atoms with E-state index in [1.54, 1.807) is 0 Å². The molecule has 0 aromatic heterocycles. The highest BCUT2D eigenvalue weighted by molar-refractivity contribution is 8.26. The molecule has 0 radical (unpaired) electrons. The van der Waals surface area contributed by atoms with E-state index in [-0.39, 0.29) is 5.91 Å². The first kappa shape index (κ1) is 15.8. The van der Waals surface area contributed by atoms with Crippen LogP contribution in [-0.2, 0) is 11.4 Å². The third-order valence-corrected chi connectivity index (χ3v) is 4.45. The smallest absolute Gasteiger partial charge is 0.263 e. The average Bonchev–Trinajstić information content (AvgIpc) is 2.83. The van der Waals surface area contributed by atoms with Crippen LogP contribution in [0.1, 0.15) is 16.7 Å². The monoisotopic (exact) mass is 341 g/mol. The van der Waals surface area contributed by atoms with Gasteiger partial charge in [-0.15, -0.1) is 0 Å². The standard InChI is InChI=1S/C18H15NO2S2/c1-12-4-2-6-14(8-12)11-21-15-7-3-5-13(9-15)10-16-17(20)19-18(22)23-16/h2-10H,11H2,1H3,(H,19,20,22)/b16-10+. The van der Waals surface area contributed by atoms with E-state index in [1.165, 1.54) is 17.3 Å². The Morgan fingerprint density at radius 3 is 2.78 bits per heavy atom. The van der Waals surface area contributed by atoms with Gasteiger partial charge in [0.05, 0.1) is 4.91 Å². The SMILES string of the molecule is Cc1cccc(COc2cccc(/C=C3/SC(=S)NC3=O)c2)c1. The van der Waals surface area contributed by atoms with Gasteiger partial charge in [0.15, 0.2) is 0 Å². The molecule has 2 aromatic rings. The summed E-state index contributed by atoms with van der Waals surface area (Å²) in [6.07, 6.45) is 1.82. The number of hydrogen-bond acceptors (Lipinski definition) is 4. The lowest BCUT2D eigenvalue weighted by Gasteiger charge is -2.07. The molecule has 0 spiro atoms. The Morgan fingerprint density at radius 2 is 2.04 bits per heavy atom. The number of rotatable bonds is 4. The summed E-state index contributed by atoms with van der Waals surface area (Å²) in [4.78, 5) is 12.3. The minimum Gasteiger partial charge on any atom is -0.489 e. The zero-order valence-corrected chi connectivity index (χ0v) is 14.2. The second-order valence-electron chi connectivity index (χ2n) is 5.20. The van der Waals surface area contributed by atoms with Crippen LogP contribution in [0.15, 0.2) is 53.4 Å². The van der Waals surface area contributed by atoms with E-state index >= 15 is 0 Å². The summed E-state index contributed by atoms with van der Waals surface area (Å²) >= 11 is 6.26. The molecule has 0 saturated carbocycles. The molecule has 0 atom stereocenters. The number of thiocarbonyl (C=S) groups is 1. The van der Waals surface area contributed by atoms with Gasteiger partial charge < -0.3 is 10.1 Å². The van der Waals surface area contributed by atoms with Crippen molar-refractivity contribution in [3.8, 4) is 5.75 Å². The molecule has 1 amide bonds. The van der Waals surface area contributed by atoms with Crippen molar-refractivity contribution in [3.05, 3.63) is 70.1 Å². The van der Waals surface area contributed by atoms with Gasteiger partial charge in [0.2, 0.25) is 0 Å². The molecule has 0 bridgehead atoms. The van der Waals surface area contributed by atoms with Gasteiger partial charge in [-0.3, -0.25) is 4.79 Å². The molecule has 0 aliphatic carbocycles. The number of nitrogens with one attached hydrogen (secondary N) is 1. The summed E-state index contributed by atoms with van der Waals surface area (Å²) in [5.74, 6) is 0.623. The molecule has 1 heterocycles. The van der Waals surface area contributed by atoms with Gasteiger partial charge in [0.1, 0.15) is 16.7 Å². The lowest BCUT2D eigenvalue weighted by molar-refractivity contribution is -0.115. The molecule has 3 rings (SSSR count). The molecule has 0 unspecified atom stereocenters. The average molecular weight is 341 g/mol. The Labute approximate surface area is 144 Å². The number of carbonyl (C=O) groups is 1. The van der Waals surface area contributed by atoms with Crippen LogP contribution in [0.25, 0.3) is 6.08 Å². The number of amides is 1. The van der Waals surface area contributed by atoms with Crippen molar-refractivity contribution < 1.29 is 9.53 Å². The van der Waals surface area contributed by atoms with E-state index in [9.17, 15) is 4.79 Å². The van der Waals surface area contributed by atoms with Gasteiger partial charge >= 0.3 is 0 Å². The molecule has 23 heavy (non-hydrogen) atoms. The van der Waals surface area contributed by atoms with Crippen LogP contribution in [0.5, 0.6) is 5.75 Å². The molecule has 1 aliphatic heterocycles. The summed E-state index contributed by atoms with van der Waals surface area (Å²) in [6, 6.07) is 15.9. The molecule has 116 valence electrons. The van der Waals surface area contributed by atoms with Crippen LogP contribution in [0.3, 0.4) is 0 Å². The molecule has 1 aliphatic rings. The van der Waals surface area contributed by atoms with E-state index in [4.69, 9.17) is 17.0 Å². The lowest BCUT2D eigenvalue weighted by Crippen LogP contribution is -2.17. The summed E-state index contributed by atoms with van der Waals surface area (Å²) in [5, 5.41) is 2.61. The Kier molecular flexibility index (Phi) is 4.79. The van der Waals surface area contributed by atoms with E-state index < -0.39 is 0 Å². The van der Waals surface area contributed by atoms with Crippen LogP contribution < -0.4 is 10.1 Å². The largest absolute Gasteiger partial charge is 0.489 e. The first-order valence-corrected chi connectivity index (χ1v) is 8.36. The summed E-state index contributed by atoms with van der Waals surface area (Å²) in [7, 11) is 0. The second kappa shape index (κ2) is 6.98. The van der Waals surface area contributed by atoms with Gasteiger partial charge in [0.25, 0.3) is 5.91 Å². The van der Waals surface area contributed by atoms with E-state index in [2.05, 4.69) is 24.4 Å². The van der Waals surface area contributed by atoms with Gasteiger partial charge in [-0.2, -0.15) is 0 Å². The molecule has 1 saturated heterocycles. The predicted octanol–water partition coefficient (Wildman–Crippen LogP) is 4.06. The van der Waals surface area contributed by atoms with Crippen LogP contribution in [0.4, 0.5) is 0 Å². The van der Waals surface area contributed by atoms with Gasteiger partial charge in [-0.1, -0.05) is 65.9 Å². The highest BCUT2D eigenvalue weighted by Gasteiger charge is 2.21. The number of ether oxygens (including phenoxy) is 1. The summed E-state index contributed by atoms with van der Waals surface area (Å²) in [6.45, 7) is 2.58. The Balaban J connectivity index is 1.71. The van der Waals surface area contributed by atoms with Crippen molar-refractivity contribution in [1.82, 2.24) is 5.32 Å². The molecule has 3 nitrogen and oxygen atoms in total. The summed E-state index contributed by atoms with van der Waals surface area (Å²) < 4.78 is 6.33. The van der Waals surface area contributed by atoms with E-state index in [1.807, 2.05) is 42.5 Å². The highest BCUT2D eigenvalue weighted by atomic mass is 32.2. The Bertz CT molecular complexity index is 799. The molecular weight excluding hydrogens is 326 g/mol. The number of benzene rings is 2. The lowest BCUT2D eigenvalue weighted by atomic mass is 10.1. The zero-order chi connectivity index (χ0) is 16.2. The van der Waals surface area contributed by atoms with Crippen molar-refractivity contribution in [2.24, 2.45) is 0 Å².